The van der Waals surface area contributed by atoms with Crippen LogP contribution in [-0.2, 0) is 0 Å². The second kappa shape index (κ2) is 3.03. The minimum Gasteiger partial charge on any atom is -0.344 e. The summed E-state index contributed by atoms with van der Waals surface area (Å²) in [6.45, 7) is 2.26. The summed E-state index contributed by atoms with van der Waals surface area (Å²) in [6, 6.07) is 0. The molecule has 0 amide bonds. The average Bonchev–Trinajstić information content (AvgIpc) is 2.21. The zero-order valence-electron chi connectivity index (χ0n) is 5.11. The third-order valence-electron chi connectivity index (χ3n) is 1.39. The first kappa shape index (κ1) is 6.96. The van der Waals surface area contributed by atoms with E-state index in [-0.39, 0.29) is 6.15 Å². The van der Waals surface area contributed by atoms with Crippen LogP contribution in [0.3, 0.4) is 0 Å². The first-order valence-corrected chi connectivity index (χ1v) is 2.93. The van der Waals surface area contributed by atoms with Gasteiger partial charge in [0.1, 0.15) is 0 Å². The molecule has 0 bridgehead atoms. The minimum atomic E-state index is 0. The molecule has 0 unspecified atom stereocenters. The van der Waals surface area contributed by atoms with E-state index in [4.69, 9.17) is 0 Å². The van der Waals surface area contributed by atoms with E-state index < -0.39 is 0 Å². The SMILES string of the molecule is CCCC1CC1.N. The Morgan fingerprint density at radius 3 is 2.14 bits per heavy atom. The van der Waals surface area contributed by atoms with Gasteiger partial charge in [0.15, 0.2) is 0 Å². The van der Waals surface area contributed by atoms with Gasteiger partial charge < -0.3 is 6.15 Å². The third-order valence-corrected chi connectivity index (χ3v) is 1.39. The van der Waals surface area contributed by atoms with Gasteiger partial charge in [-0.3, -0.25) is 0 Å². The molecule has 1 saturated carbocycles. The monoisotopic (exact) mass is 101 g/mol. The van der Waals surface area contributed by atoms with Crippen LogP contribution in [0.15, 0.2) is 0 Å². The molecule has 0 atom stereocenters. The Hall–Kier alpha value is -0.0400. The van der Waals surface area contributed by atoms with Crippen molar-refractivity contribution in [2.45, 2.75) is 32.6 Å². The van der Waals surface area contributed by atoms with Gasteiger partial charge in [-0.1, -0.05) is 32.6 Å². The lowest BCUT2D eigenvalue weighted by molar-refractivity contribution is 0.708. The summed E-state index contributed by atoms with van der Waals surface area (Å²) in [5.74, 6) is 1.15. The molecule has 1 aliphatic rings. The molecule has 0 saturated heterocycles. The molecule has 0 radical (unpaired) electrons. The van der Waals surface area contributed by atoms with Crippen molar-refractivity contribution in [3.63, 3.8) is 0 Å². The Labute approximate surface area is 45.7 Å². The van der Waals surface area contributed by atoms with E-state index in [1.165, 1.54) is 25.7 Å². The lowest BCUT2D eigenvalue weighted by Gasteiger charge is -1.82. The van der Waals surface area contributed by atoms with Crippen molar-refractivity contribution < 1.29 is 0 Å². The Kier molecular flexibility index (Phi) is 3.01. The van der Waals surface area contributed by atoms with E-state index in [0.29, 0.717) is 0 Å². The second-order valence-electron chi connectivity index (χ2n) is 2.23. The minimum absolute atomic E-state index is 0. The van der Waals surface area contributed by atoms with Crippen molar-refractivity contribution in [2.75, 3.05) is 0 Å². The van der Waals surface area contributed by atoms with Crippen LogP contribution >= 0.6 is 0 Å². The molecule has 0 aromatic rings. The molecule has 0 aromatic heterocycles. The van der Waals surface area contributed by atoms with Gasteiger partial charge in [0, 0.05) is 0 Å². The number of hydrogen-bond acceptors (Lipinski definition) is 1. The first-order valence-electron chi connectivity index (χ1n) is 2.93. The van der Waals surface area contributed by atoms with E-state index in [2.05, 4.69) is 6.92 Å². The summed E-state index contributed by atoms with van der Waals surface area (Å²) >= 11 is 0. The van der Waals surface area contributed by atoms with Crippen LogP contribution in [0, 0.1) is 5.92 Å². The zero-order valence-corrected chi connectivity index (χ0v) is 5.11. The summed E-state index contributed by atoms with van der Waals surface area (Å²) in [4.78, 5) is 0. The smallest absolute Gasteiger partial charge is 0.0414 e. The van der Waals surface area contributed by atoms with Crippen LogP contribution in [0.2, 0.25) is 0 Å². The number of rotatable bonds is 2. The highest BCUT2D eigenvalue weighted by Crippen LogP contribution is 2.32. The highest BCUT2D eigenvalue weighted by molar-refractivity contribution is 4.71. The quantitative estimate of drug-likeness (QED) is 0.569. The predicted octanol–water partition coefficient (Wildman–Crippen LogP) is 2.36. The fourth-order valence-corrected chi connectivity index (χ4v) is 0.815. The average molecular weight is 101 g/mol. The van der Waals surface area contributed by atoms with Gasteiger partial charge in [-0.25, -0.2) is 0 Å². The lowest BCUT2D eigenvalue weighted by atomic mass is 10.2. The molecule has 3 N–H and O–H groups in total. The molecule has 1 rings (SSSR count). The largest absolute Gasteiger partial charge is 0.344 e. The summed E-state index contributed by atoms with van der Waals surface area (Å²) in [5, 5.41) is 0. The van der Waals surface area contributed by atoms with Crippen LogP contribution in [0.5, 0.6) is 0 Å². The highest BCUT2D eigenvalue weighted by Gasteiger charge is 2.18. The highest BCUT2D eigenvalue weighted by atomic mass is 14.2. The fourth-order valence-electron chi connectivity index (χ4n) is 0.815. The Morgan fingerprint density at radius 2 is 2.00 bits per heavy atom. The van der Waals surface area contributed by atoms with Crippen LogP contribution in [0.1, 0.15) is 32.6 Å². The molecule has 1 nitrogen and oxygen atoms in total. The van der Waals surface area contributed by atoms with Crippen LogP contribution in [0.25, 0.3) is 0 Å². The van der Waals surface area contributed by atoms with Crippen molar-refractivity contribution in [1.29, 1.82) is 0 Å². The molecule has 1 fully saturated rings. The van der Waals surface area contributed by atoms with Crippen molar-refractivity contribution in [3.05, 3.63) is 0 Å². The van der Waals surface area contributed by atoms with Crippen LogP contribution in [-0.4, -0.2) is 0 Å². The van der Waals surface area contributed by atoms with Crippen molar-refractivity contribution in [1.82, 2.24) is 6.15 Å². The maximum Gasteiger partial charge on any atom is -0.0414 e. The summed E-state index contributed by atoms with van der Waals surface area (Å²) in [7, 11) is 0. The van der Waals surface area contributed by atoms with Gasteiger partial charge >= 0.3 is 0 Å². The molecule has 44 valence electrons. The van der Waals surface area contributed by atoms with E-state index >= 15 is 0 Å². The van der Waals surface area contributed by atoms with E-state index in [0.717, 1.165) is 5.92 Å². The second-order valence-corrected chi connectivity index (χ2v) is 2.23. The van der Waals surface area contributed by atoms with E-state index in [1.807, 2.05) is 0 Å². The van der Waals surface area contributed by atoms with Crippen molar-refractivity contribution >= 4 is 0 Å². The maximum absolute atomic E-state index is 2.26. The standard InChI is InChI=1S/C6H12.H3N/c1-2-3-6-4-5-6;/h6H,2-5H2,1H3;1H3. The fraction of sp³-hybridized carbons (Fsp3) is 1.00. The Balaban J connectivity index is 0.000000360. The molecular weight excluding hydrogens is 86.1 g/mol. The molecule has 0 aromatic carbocycles. The molecule has 0 heterocycles. The summed E-state index contributed by atoms with van der Waals surface area (Å²) in [6.07, 6.45) is 5.92. The van der Waals surface area contributed by atoms with Crippen molar-refractivity contribution in [3.8, 4) is 0 Å². The van der Waals surface area contributed by atoms with E-state index in [1.54, 1.807) is 0 Å². The van der Waals surface area contributed by atoms with Gasteiger partial charge in [0.2, 0.25) is 0 Å². The normalized spacial score (nSPS) is 18.4. The molecule has 0 spiro atoms. The summed E-state index contributed by atoms with van der Waals surface area (Å²) < 4.78 is 0. The van der Waals surface area contributed by atoms with Gasteiger partial charge in [0.25, 0.3) is 0 Å². The van der Waals surface area contributed by atoms with Gasteiger partial charge in [-0.05, 0) is 5.92 Å². The third kappa shape index (κ3) is 2.63. The topological polar surface area (TPSA) is 35.0 Å². The van der Waals surface area contributed by atoms with Gasteiger partial charge in [0.05, 0.1) is 0 Å². The lowest BCUT2D eigenvalue weighted by Crippen LogP contribution is -1.68. The van der Waals surface area contributed by atoms with Crippen molar-refractivity contribution in [2.24, 2.45) is 5.92 Å². The summed E-state index contributed by atoms with van der Waals surface area (Å²) in [5.41, 5.74) is 0. The first-order chi connectivity index (χ1) is 2.93. The van der Waals surface area contributed by atoms with Gasteiger partial charge in [-0.2, -0.15) is 0 Å². The van der Waals surface area contributed by atoms with Crippen LogP contribution in [0.4, 0.5) is 0 Å². The Bertz CT molecular complexity index is 39.4. The predicted molar refractivity (Wildman–Crippen MR) is 32.7 cm³/mol. The molecule has 1 aliphatic carbocycles. The zero-order chi connectivity index (χ0) is 4.41. The Morgan fingerprint density at radius 1 is 1.43 bits per heavy atom. The maximum atomic E-state index is 2.26. The van der Waals surface area contributed by atoms with E-state index in [9.17, 15) is 0 Å². The molecule has 0 aliphatic heterocycles. The number of hydrogen-bond donors (Lipinski definition) is 1. The van der Waals surface area contributed by atoms with Crippen LogP contribution < -0.4 is 6.15 Å². The van der Waals surface area contributed by atoms with Gasteiger partial charge in [-0.15, -0.1) is 0 Å². The molecular formula is C6H15N. The molecule has 1 heteroatoms. The molecule has 7 heavy (non-hydrogen) atoms.